The number of hydrogen-bond donors (Lipinski definition) is 1. The van der Waals surface area contributed by atoms with Gasteiger partial charge in [-0.25, -0.2) is 0 Å². The van der Waals surface area contributed by atoms with Gasteiger partial charge in [0.1, 0.15) is 0 Å². The van der Waals surface area contributed by atoms with E-state index in [1.54, 1.807) is 0 Å². The average Bonchev–Trinajstić information content (AvgIpc) is 2.36. The molecule has 1 rings (SSSR count). The minimum atomic E-state index is 0.551. The second-order valence-electron chi connectivity index (χ2n) is 4.60. The summed E-state index contributed by atoms with van der Waals surface area (Å²) in [4.78, 5) is 6.99. The van der Waals surface area contributed by atoms with Crippen molar-refractivity contribution in [1.29, 1.82) is 0 Å². The van der Waals surface area contributed by atoms with Crippen LogP contribution >= 0.6 is 11.8 Å². The molecule has 0 aromatic heterocycles. The SMILES string of the molecule is CCN(CC)CCCC(C)NC1=NCCCS1. The summed E-state index contributed by atoms with van der Waals surface area (Å²) in [6, 6.07) is 0.551. The molecule has 4 heteroatoms. The van der Waals surface area contributed by atoms with Crippen molar-refractivity contribution in [2.24, 2.45) is 4.99 Å². The second kappa shape index (κ2) is 8.81. The summed E-state index contributed by atoms with van der Waals surface area (Å²) < 4.78 is 0. The van der Waals surface area contributed by atoms with Crippen LogP contribution in [0.15, 0.2) is 4.99 Å². The highest BCUT2D eigenvalue weighted by atomic mass is 32.2. The number of thioether (sulfide) groups is 1. The molecule has 1 atom stereocenters. The lowest BCUT2D eigenvalue weighted by Gasteiger charge is -2.21. The highest BCUT2D eigenvalue weighted by Gasteiger charge is 2.09. The maximum absolute atomic E-state index is 4.50. The van der Waals surface area contributed by atoms with Crippen LogP contribution in [0.3, 0.4) is 0 Å². The molecule has 0 fully saturated rings. The molecule has 0 saturated carbocycles. The quantitative estimate of drug-likeness (QED) is 0.759. The van der Waals surface area contributed by atoms with E-state index >= 15 is 0 Å². The summed E-state index contributed by atoms with van der Waals surface area (Å²) in [6.07, 6.45) is 3.73. The number of rotatable bonds is 7. The highest BCUT2D eigenvalue weighted by Crippen LogP contribution is 2.11. The number of nitrogens with zero attached hydrogens (tertiary/aromatic N) is 2. The summed E-state index contributed by atoms with van der Waals surface area (Å²) >= 11 is 1.87. The van der Waals surface area contributed by atoms with Crippen LogP contribution in [0, 0.1) is 0 Å². The smallest absolute Gasteiger partial charge is 0.156 e. The van der Waals surface area contributed by atoms with Gasteiger partial charge in [0.2, 0.25) is 0 Å². The molecular formula is C13H27N3S. The van der Waals surface area contributed by atoms with Gasteiger partial charge in [-0.2, -0.15) is 0 Å². The Hall–Kier alpha value is -0.220. The lowest BCUT2D eigenvalue weighted by atomic mass is 10.2. The van der Waals surface area contributed by atoms with Gasteiger partial charge >= 0.3 is 0 Å². The van der Waals surface area contributed by atoms with Gasteiger partial charge in [-0.1, -0.05) is 25.6 Å². The molecule has 0 aromatic rings. The Balaban J connectivity index is 2.12. The largest absolute Gasteiger partial charge is 0.362 e. The minimum absolute atomic E-state index is 0.551. The third-order valence-corrected chi connectivity index (χ3v) is 4.19. The number of aliphatic imine (C=N–C) groups is 1. The van der Waals surface area contributed by atoms with Crippen LogP contribution in [-0.2, 0) is 0 Å². The van der Waals surface area contributed by atoms with Crippen molar-refractivity contribution in [3.8, 4) is 0 Å². The Bertz CT molecular complexity index is 227. The molecule has 0 bridgehead atoms. The van der Waals surface area contributed by atoms with E-state index in [4.69, 9.17) is 0 Å². The zero-order valence-electron chi connectivity index (χ0n) is 11.5. The van der Waals surface area contributed by atoms with Crippen molar-refractivity contribution in [2.75, 3.05) is 31.9 Å². The van der Waals surface area contributed by atoms with Gasteiger partial charge in [0.05, 0.1) is 0 Å². The van der Waals surface area contributed by atoms with E-state index in [0.717, 1.165) is 11.7 Å². The van der Waals surface area contributed by atoms with E-state index in [1.807, 2.05) is 11.8 Å². The fourth-order valence-corrected chi connectivity index (χ4v) is 2.92. The third-order valence-electron chi connectivity index (χ3n) is 3.17. The van der Waals surface area contributed by atoms with Gasteiger partial charge in [-0.3, -0.25) is 4.99 Å². The summed E-state index contributed by atoms with van der Waals surface area (Å²) in [7, 11) is 0. The first-order valence-corrected chi connectivity index (χ1v) is 7.91. The van der Waals surface area contributed by atoms with Crippen LogP contribution in [0.4, 0.5) is 0 Å². The Labute approximate surface area is 110 Å². The maximum atomic E-state index is 4.50. The molecule has 3 nitrogen and oxygen atoms in total. The van der Waals surface area contributed by atoms with Crippen molar-refractivity contribution in [2.45, 2.75) is 46.1 Å². The van der Waals surface area contributed by atoms with Crippen LogP contribution in [0.2, 0.25) is 0 Å². The first kappa shape index (κ1) is 14.8. The zero-order valence-corrected chi connectivity index (χ0v) is 12.4. The zero-order chi connectivity index (χ0) is 12.5. The van der Waals surface area contributed by atoms with Crippen LogP contribution in [-0.4, -0.2) is 48.0 Å². The van der Waals surface area contributed by atoms with Crippen LogP contribution in [0.1, 0.15) is 40.0 Å². The first-order chi connectivity index (χ1) is 8.26. The molecule has 0 saturated heterocycles. The van der Waals surface area contributed by atoms with E-state index in [1.165, 1.54) is 44.6 Å². The van der Waals surface area contributed by atoms with E-state index in [0.29, 0.717) is 6.04 Å². The van der Waals surface area contributed by atoms with Gasteiger partial charge in [-0.15, -0.1) is 0 Å². The summed E-state index contributed by atoms with van der Waals surface area (Å²) in [6.45, 7) is 11.3. The Morgan fingerprint density at radius 3 is 2.76 bits per heavy atom. The molecular weight excluding hydrogens is 230 g/mol. The third kappa shape index (κ3) is 6.32. The van der Waals surface area contributed by atoms with Gasteiger partial charge in [0.25, 0.3) is 0 Å². The van der Waals surface area contributed by atoms with Crippen LogP contribution in [0.25, 0.3) is 0 Å². The molecule has 1 aliphatic rings. The second-order valence-corrected chi connectivity index (χ2v) is 5.69. The predicted molar refractivity (Wildman–Crippen MR) is 79.0 cm³/mol. The summed E-state index contributed by atoms with van der Waals surface area (Å²) in [5, 5.41) is 4.68. The topological polar surface area (TPSA) is 27.6 Å². The van der Waals surface area contributed by atoms with E-state index in [2.05, 4.69) is 36.0 Å². The molecule has 1 N–H and O–H groups in total. The van der Waals surface area contributed by atoms with Gasteiger partial charge in [-0.05, 0) is 45.8 Å². The number of amidine groups is 1. The van der Waals surface area contributed by atoms with Crippen molar-refractivity contribution < 1.29 is 0 Å². The lowest BCUT2D eigenvalue weighted by molar-refractivity contribution is 0.293. The summed E-state index contributed by atoms with van der Waals surface area (Å²) in [5.74, 6) is 1.22. The molecule has 0 spiro atoms. The Morgan fingerprint density at radius 1 is 1.41 bits per heavy atom. The van der Waals surface area contributed by atoms with E-state index in [9.17, 15) is 0 Å². The Morgan fingerprint density at radius 2 is 2.18 bits per heavy atom. The normalized spacial score (nSPS) is 18.0. The van der Waals surface area contributed by atoms with E-state index in [-0.39, 0.29) is 0 Å². The van der Waals surface area contributed by atoms with Crippen molar-refractivity contribution in [1.82, 2.24) is 10.2 Å². The molecule has 0 aliphatic carbocycles. The first-order valence-electron chi connectivity index (χ1n) is 6.92. The highest BCUT2D eigenvalue weighted by molar-refractivity contribution is 8.13. The molecule has 100 valence electrons. The molecule has 0 aromatic carbocycles. The number of hydrogen-bond acceptors (Lipinski definition) is 4. The van der Waals surface area contributed by atoms with Crippen molar-refractivity contribution in [3.05, 3.63) is 0 Å². The standard InChI is InChI=1S/C13H27N3S/c1-4-16(5-2)10-6-8-12(3)15-13-14-9-7-11-17-13/h12H,4-11H2,1-3H3,(H,14,15). The van der Waals surface area contributed by atoms with Crippen LogP contribution in [0.5, 0.6) is 0 Å². The average molecular weight is 257 g/mol. The molecule has 1 aliphatic heterocycles. The van der Waals surface area contributed by atoms with Crippen LogP contribution < -0.4 is 5.32 Å². The lowest BCUT2D eigenvalue weighted by Crippen LogP contribution is -2.33. The molecule has 1 heterocycles. The molecule has 0 amide bonds. The maximum Gasteiger partial charge on any atom is 0.156 e. The predicted octanol–water partition coefficient (Wildman–Crippen LogP) is 2.58. The minimum Gasteiger partial charge on any atom is -0.362 e. The fraction of sp³-hybridized carbons (Fsp3) is 0.923. The number of nitrogens with one attached hydrogen (secondary N) is 1. The summed E-state index contributed by atoms with van der Waals surface area (Å²) in [5.41, 5.74) is 0. The fourth-order valence-electron chi connectivity index (χ4n) is 1.99. The Kier molecular flexibility index (Phi) is 7.69. The van der Waals surface area contributed by atoms with Crippen molar-refractivity contribution >= 4 is 16.9 Å². The van der Waals surface area contributed by atoms with Crippen molar-refractivity contribution in [3.63, 3.8) is 0 Å². The molecule has 17 heavy (non-hydrogen) atoms. The molecule has 0 radical (unpaired) electrons. The monoisotopic (exact) mass is 257 g/mol. The molecule has 1 unspecified atom stereocenters. The van der Waals surface area contributed by atoms with Gasteiger partial charge < -0.3 is 10.2 Å². The van der Waals surface area contributed by atoms with Gasteiger partial charge in [0.15, 0.2) is 5.17 Å². The van der Waals surface area contributed by atoms with E-state index < -0.39 is 0 Å². The van der Waals surface area contributed by atoms with Gasteiger partial charge in [0, 0.05) is 18.3 Å².